The highest BCUT2D eigenvalue weighted by atomic mass is 35.5. The molecule has 106 valence electrons. The summed E-state index contributed by atoms with van der Waals surface area (Å²) in [5, 5.41) is 4.53. The fourth-order valence-corrected chi connectivity index (χ4v) is 2.42. The molecule has 3 rings (SSSR count). The van der Waals surface area contributed by atoms with Crippen molar-refractivity contribution in [2.24, 2.45) is 0 Å². The van der Waals surface area contributed by atoms with Crippen molar-refractivity contribution in [3.05, 3.63) is 65.1 Å². The fraction of sp³-hybridized carbons (Fsp3) is 0.125. The Bertz CT molecular complexity index is 783. The highest BCUT2D eigenvalue weighted by molar-refractivity contribution is 6.31. The molecule has 0 saturated heterocycles. The van der Waals surface area contributed by atoms with Crippen molar-refractivity contribution >= 4 is 28.4 Å². The number of fused-ring (bicyclic) bond motifs is 1. The topological polar surface area (TPSA) is 57.8 Å². The maximum atomic E-state index is 12.3. The SMILES string of the molecule is CC(NC(=O)c1cc2cc(Cl)ccc2[nH]1)c1ccncc1. The van der Waals surface area contributed by atoms with Gasteiger partial charge in [-0.1, -0.05) is 11.6 Å². The Morgan fingerprint density at radius 2 is 2.00 bits per heavy atom. The molecule has 1 unspecified atom stereocenters. The van der Waals surface area contributed by atoms with Gasteiger partial charge in [0.05, 0.1) is 6.04 Å². The summed E-state index contributed by atoms with van der Waals surface area (Å²) >= 11 is 5.95. The zero-order chi connectivity index (χ0) is 14.8. The molecule has 0 spiro atoms. The summed E-state index contributed by atoms with van der Waals surface area (Å²) in [5.74, 6) is -0.147. The van der Waals surface area contributed by atoms with Crippen LogP contribution in [-0.2, 0) is 0 Å². The van der Waals surface area contributed by atoms with E-state index in [4.69, 9.17) is 11.6 Å². The van der Waals surface area contributed by atoms with Gasteiger partial charge in [-0.25, -0.2) is 0 Å². The van der Waals surface area contributed by atoms with Crippen LogP contribution in [0.3, 0.4) is 0 Å². The van der Waals surface area contributed by atoms with Crippen molar-refractivity contribution < 1.29 is 4.79 Å². The van der Waals surface area contributed by atoms with Gasteiger partial charge in [0.15, 0.2) is 0 Å². The second-order valence-electron chi connectivity index (χ2n) is 4.89. The van der Waals surface area contributed by atoms with Crippen LogP contribution in [0.4, 0.5) is 0 Å². The minimum atomic E-state index is -0.147. The van der Waals surface area contributed by atoms with Crippen molar-refractivity contribution in [1.29, 1.82) is 0 Å². The summed E-state index contributed by atoms with van der Waals surface area (Å²) in [6, 6.07) is 11.0. The Morgan fingerprint density at radius 3 is 2.76 bits per heavy atom. The molecule has 1 atom stereocenters. The largest absolute Gasteiger partial charge is 0.351 e. The lowest BCUT2D eigenvalue weighted by atomic mass is 10.1. The van der Waals surface area contributed by atoms with Gasteiger partial charge in [0.1, 0.15) is 5.69 Å². The predicted molar refractivity (Wildman–Crippen MR) is 83.4 cm³/mol. The van der Waals surface area contributed by atoms with E-state index in [9.17, 15) is 4.79 Å². The molecular formula is C16H14ClN3O. The number of aromatic nitrogens is 2. The average molecular weight is 300 g/mol. The first-order valence-corrected chi connectivity index (χ1v) is 7.00. The monoisotopic (exact) mass is 299 g/mol. The number of amides is 1. The van der Waals surface area contributed by atoms with E-state index in [0.29, 0.717) is 10.7 Å². The number of benzene rings is 1. The molecule has 0 fully saturated rings. The number of nitrogens with zero attached hydrogens (tertiary/aromatic N) is 1. The van der Waals surface area contributed by atoms with Crippen LogP contribution < -0.4 is 5.32 Å². The number of hydrogen-bond donors (Lipinski definition) is 2. The van der Waals surface area contributed by atoms with Crippen LogP contribution in [0.25, 0.3) is 10.9 Å². The third-order valence-corrected chi connectivity index (χ3v) is 3.62. The number of H-pyrrole nitrogens is 1. The third kappa shape index (κ3) is 2.90. The number of aromatic amines is 1. The molecule has 0 aliphatic rings. The Balaban J connectivity index is 1.80. The fourth-order valence-electron chi connectivity index (χ4n) is 2.24. The first-order valence-electron chi connectivity index (χ1n) is 6.62. The molecule has 5 heteroatoms. The lowest BCUT2D eigenvalue weighted by Gasteiger charge is -2.13. The Hall–Kier alpha value is -2.33. The summed E-state index contributed by atoms with van der Waals surface area (Å²) in [5.41, 5.74) is 2.42. The Kier molecular flexibility index (Phi) is 3.62. The minimum Gasteiger partial charge on any atom is -0.351 e. The highest BCUT2D eigenvalue weighted by Gasteiger charge is 2.13. The van der Waals surface area contributed by atoms with Crippen molar-refractivity contribution in [2.45, 2.75) is 13.0 Å². The molecule has 4 nitrogen and oxygen atoms in total. The zero-order valence-corrected chi connectivity index (χ0v) is 12.2. The van der Waals surface area contributed by atoms with Crippen LogP contribution >= 0.6 is 11.6 Å². The van der Waals surface area contributed by atoms with Gasteiger partial charge in [-0.2, -0.15) is 0 Å². The summed E-state index contributed by atoms with van der Waals surface area (Å²) in [7, 11) is 0. The van der Waals surface area contributed by atoms with E-state index >= 15 is 0 Å². The number of halogens is 1. The van der Waals surface area contributed by atoms with Crippen LogP contribution in [0.15, 0.2) is 48.8 Å². The zero-order valence-electron chi connectivity index (χ0n) is 11.4. The molecule has 0 saturated carbocycles. The van der Waals surface area contributed by atoms with Crippen molar-refractivity contribution in [1.82, 2.24) is 15.3 Å². The van der Waals surface area contributed by atoms with E-state index in [1.165, 1.54) is 0 Å². The minimum absolute atomic E-state index is 0.0875. The number of pyridine rings is 1. The van der Waals surface area contributed by atoms with Crippen LogP contribution in [0.5, 0.6) is 0 Å². The van der Waals surface area contributed by atoms with Gasteiger partial charge in [-0.05, 0) is 48.9 Å². The van der Waals surface area contributed by atoms with Gasteiger partial charge in [-0.15, -0.1) is 0 Å². The van der Waals surface area contributed by atoms with Gasteiger partial charge in [0.2, 0.25) is 0 Å². The molecule has 3 aromatic rings. The molecule has 0 radical (unpaired) electrons. The van der Waals surface area contributed by atoms with Gasteiger partial charge < -0.3 is 10.3 Å². The lowest BCUT2D eigenvalue weighted by Crippen LogP contribution is -2.26. The summed E-state index contributed by atoms with van der Waals surface area (Å²) in [6.45, 7) is 1.94. The molecule has 21 heavy (non-hydrogen) atoms. The van der Waals surface area contributed by atoms with E-state index in [0.717, 1.165) is 16.5 Å². The smallest absolute Gasteiger partial charge is 0.268 e. The summed E-state index contributed by atoms with van der Waals surface area (Å²) < 4.78 is 0. The molecule has 2 aromatic heterocycles. The van der Waals surface area contributed by atoms with Gasteiger partial charge >= 0.3 is 0 Å². The third-order valence-electron chi connectivity index (χ3n) is 3.38. The van der Waals surface area contributed by atoms with Crippen LogP contribution in [0.1, 0.15) is 29.0 Å². The second-order valence-corrected chi connectivity index (χ2v) is 5.33. The Morgan fingerprint density at radius 1 is 1.24 bits per heavy atom. The van der Waals surface area contributed by atoms with E-state index in [-0.39, 0.29) is 11.9 Å². The molecule has 1 amide bonds. The molecule has 0 aliphatic carbocycles. The molecule has 0 bridgehead atoms. The summed E-state index contributed by atoms with van der Waals surface area (Å²) in [4.78, 5) is 19.4. The molecule has 2 heterocycles. The molecule has 1 aromatic carbocycles. The number of carbonyl (C=O) groups is 1. The quantitative estimate of drug-likeness (QED) is 0.774. The number of rotatable bonds is 3. The standard InChI is InChI=1S/C16H14ClN3O/c1-10(11-4-6-18-7-5-11)19-16(21)15-9-12-8-13(17)2-3-14(12)20-15/h2-10,20H,1H3,(H,19,21). The first-order chi connectivity index (χ1) is 10.1. The predicted octanol–water partition coefficient (Wildman–Crippen LogP) is 3.71. The maximum absolute atomic E-state index is 12.3. The van der Waals surface area contributed by atoms with Crippen molar-refractivity contribution in [3.8, 4) is 0 Å². The number of nitrogens with one attached hydrogen (secondary N) is 2. The van der Waals surface area contributed by atoms with E-state index < -0.39 is 0 Å². The van der Waals surface area contributed by atoms with E-state index in [2.05, 4.69) is 15.3 Å². The normalized spacial score (nSPS) is 12.3. The van der Waals surface area contributed by atoms with E-state index in [1.807, 2.05) is 31.2 Å². The average Bonchev–Trinajstić information content (AvgIpc) is 2.91. The maximum Gasteiger partial charge on any atom is 0.268 e. The van der Waals surface area contributed by atoms with Crippen molar-refractivity contribution in [2.75, 3.05) is 0 Å². The second kappa shape index (κ2) is 5.58. The summed E-state index contributed by atoms with van der Waals surface area (Å²) in [6.07, 6.45) is 3.42. The van der Waals surface area contributed by atoms with Crippen LogP contribution in [0, 0.1) is 0 Å². The Labute approximate surface area is 127 Å². The molecule has 2 N–H and O–H groups in total. The van der Waals surface area contributed by atoms with Crippen molar-refractivity contribution in [3.63, 3.8) is 0 Å². The van der Waals surface area contributed by atoms with Gasteiger partial charge in [-0.3, -0.25) is 9.78 Å². The number of hydrogen-bond acceptors (Lipinski definition) is 2. The lowest BCUT2D eigenvalue weighted by molar-refractivity contribution is 0.0935. The molecule has 0 aliphatic heterocycles. The van der Waals surface area contributed by atoms with Crippen LogP contribution in [0.2, 0.25) is 5.02 Å². The van der Waals surface area contributed by atoms with Gasteiger partial charge in [0, 0.05) is 28.3 Å². The molecular weight excluding hydrogens is 286 g/mol. The first kappa shape index (κ1) is 13.6. The highest BCUT2D eigenvalue weighted by Crippen LogP contribution is 2.20. The van der Waals surface area contributed by atoms with E-state index in [1.54, 1.807) is 24.5 Å². The van der Waals surface area contributed by atoms with Gasteiger partial charge in [0.25, 0.3) is 5.91 Å². The number of carbonyl (C=O) groups excluding carboxylic acids is 1. The van der Waals surface area contributed by atoms with Crippen LogP contribution in [-0.4, -0.2) is 15.9 Å².